The van der Waals surface area contributed by atoms with Crippen molar-refractivity contribution in [3.8, 4) is 11.4 Å². The van der Waals surface area contributed by atoms with Gasteiger partial charge in [0.1, 0.15) is 12.4 Å². The maximum absolute atomic E-state index is 8.98. The number of nitrogens with zero attached hydrogens (tertiary/aromatic N) is 2. The number of ether oxygens (including phenoxy) is 1. The van der Waals surface area contributed by atoms with E-state index in [-0.39, 0.29) is 0 Å². The van der Waals surface area contributed by atoms with Crippen LogP contribution in [0.1, 0.15) is 18.4 Å². The number of fused-ring (bicyclic) bond motifs is 3. The molecule has 0 aliphatic carbocycles. The van der Waals surface area contributed by atoms with Gasteiger partial charge in [-0.05, 0) is 12.5 Å². The third kappa shape index (κ3) is 1.60. The number of imidazole rings is 1. The van der Waals surface area contributed by atoms with E-state index in [0.29, 0.717) is 6.61 Å². The predicted octanol–water partition coefficient (Wildman–Crippen LogP) is 0.911. The molecule has 17 heavy (non-hydrogen) atoms. The first kappa shape index (κ1) is 10.3. The molecule has 0 radical (unpaired) electrons. The van der Waals surface area contributed by atoms with E-state index in [4.69, 9.17) is 9.94 Å². The molecule has 0 atom stereocenters. The molecule has 1 aliphatic rings. The smallest absolute Gasteiger partial charge is 0.165 e. The summed E-state index contributed by atoms with van der Waals surface area (Å²) >= 11 is 0. The molecule has 0 unspecified atom stereocenters. The maximum Gasteiger partial charge on any atom is 0.165 e. The molecule has 0 fully saturated rings. The van der Waals surface area contributed by atoms with Crippen LogP contribution in [-0.4, -0.2) is 14.8 Å². The fourth-order valence-electron chi connectivity index (χ4n) is 2.02. The van der Waals surface area contributed by atoms with Gasteiger partial charge in [0.2, 0.25) is 0 Å². The Hall–Kier alpha value is -1.85. The van der Waals surface area contributed by atoms with Crippen LogP contribution in [0, 0.1) is 0 Å². The zero-order valence-corrected chi connectivity index (χ0v) is 9.55. The molecule has 0 amide bonds. The van der Waals surface area contributed by atoms with Gasteiger partial charge in [0.25, 0.3) is 0 Å². The quantitative estimate of drug-likeness (QED) is 0.597. The van der Waals surface area contributed by atoms with Gasteiger partial charge < -0.3 is 4.74 Å². The molecule has 0 bridgehead atoms. The van der Waals surface area contributed by atoms with Crippen molar-refractivity contribution < 1.29 is 15.4 Å². The highest BCUT2D eigenvalue weighted by molar-refractivity contribution is 5.54. The molecule has 3 N–H and O–H groups in total. The molecule has 88 valence electrons. The van der Waals surface area contributed by atoms with E-state index >= 15 is 0 Å². The Labute approximate surface area is 98.6 Å². The minimum absolute atomic E-state index is 0.474. The second-order valence-corrected chi connectivity index (χ2v) is 4.02. The summed E-state index contributed by atoms with van der Waals surface area (Å²) in [5.41, 5.74) is 3.85. The second kappa shape index (κ2) is 3.87. The van der Waals surface area contributed by atoms with E-state index in [1.807, 2.05) is 24.4 Å². The highest BCUT2D eigenvalue weighted by Crippen LogP contribution is 2.31. The van der Waals surface area contributed by atoms with Gasteiger partial charge in [0.05, 0.1) is 11.4 Å². The number of aromatic nitrogens is 2. The van der Waals surface area contributed by atoms with E-state index in [2.05, 4.69) is 16.5 Å². The van der Waals surface area contributed by atoms with Crippen LogP contribution in [0.15, 0.2) is 24.4 Å². The number of hydrogen-bond donors (Lipinski definition) is 2. The van der Waals surface area contributed by atoms with Gasteiger partial charge in [-0.2, -0.15) is 5.48 Å². The normalized spacial score (nSPS) is 12.8. The molecule has 0 spiro atoms. The fourth-order valence-corrected chi connectivity index (χ4v) is 2.02. The van der Waals surface area contributed by atoms with Crippen LogP contribution in [0.2, 0.25) is 0 Å². The van der Waals surface area contributed by atoms with E-state index in [1.54, 1.807) is 0 Å². The third-order valence-corrected chi connectivity index (χ3v) is 2.94. The third-order valence-electron chi connectivity index (χ3n) is 2.94. The number of rotatable bonds is 2. The van der Waals surface area contributed by atoms with Crippen molar-refractivity contribution >= 4 is 5.69 Å². The Morgan fingerprint density at radius 2 is 2.41 bits per heavy atom. The van der Waals surface area contributed by atoms with Gasteiger partial charge in [-0.15, -0.1) is 0 Å². The standard InChI is InChI=1S/C12H13N3O2/c1-2-8-6-15-10-4-3-9(14-16)5-11(10)17-7-12(15)13-8/h3-6,14,16H,2,7H2,1H3/p+1. The summed E-state index contributed by atoms with van der Waals surface area (Å²) in [6.07, 6.45) is 2.96. The Kier molecular flexibility index (Phi) is 2.35. The van der Waals surface area contributed by atoms with Gasteiger partial charge in [-0.3, -0.25) is 4.57 Å². The first-order valence-electron chi connectivity index (χ1n) is 5.63. The number of hydrogen-bond acceptors (Lipinski definition) is 3. The van der Waals surface area contributed by atoms with Gasteiger partial charge >= 0.3 is 0 Å². The highest BCUT2D eigenvalue weighted by atomic mass is 16.5. The van der Waals surface area contributed by atoms with Crippen molar-refractivity contribution in [1.29, 1.82) is 0 Å². The van der Waals surface area contributed by atoms with Crippen molar-refractivity contribution in [2.45, 2.75) is 20.0 Å². The van der Waals surface area contributed by atoms with Crippen molar-refractivity contribution in [3.05, 3.63) is 35.9 Å². The molecular formula is C12H14N3O2+. The minimum atomic E-state index is 0.474. The van der Waals surface area contributed by atoms with Gasteiger partial charge in [-0.1, -0.05) is 6.92 Å². The van der Waals surface area contributed by atoms with Gasteiger partial charge in [0, 0.05) is 18.3 Å². The van der Waals surface area contributed by atoms with Crippen LogP contribution in [0.5, 0.6) is 5.75 Å². The predicted molar refractivity (Wildman–Crippen MR) is 60.6 cm³/mol. The van der Waals surface area contributed by atoms with Crippen molar-refractivity contribution in [3.63, 3.8) is 0 Å². The Balaban J connectivity index is 2.12. The van der Waals surface area contributed by atoms with Gasteiger partial charge in [0.15, 0.2) is 11.5 Å². The van der Waals surface area contributed by atoms with Crippen LogP contribution in [0.3, 0.4) is 0 Å². The average molecular weight is 232 g/mol. The number of nitrogens with two attached hydrogens (primary N) is 1. The van der Waals surface area contributed by atoms with E-state index < -0.39 is 0 Å². The summed E-state index contributed by atoms with van der Waals surface area (Å²) < 4.78 is 7.69. The lowest BCUT2D eigenvalue weighted by molar-refractivity contribution is -0.825. The Bertz CT molecular complexity index is 563. The molecule has 0 saturated heterocycles. The molecular weight excluding hydrogens is 218 g/mol. The van der Waals surface area contributed by atoms with Crippen LogP contribution >= 0.6 is 0 Å². The number of quaternary nitrogens is 1. The number of benzene rings is 1. The SMILES string of the molecule is CCc1cn2c(n1)COc1cc([NH2+]O)ccc1-2. The minimum Gasteiger partial charge on any atom is -0.483 e. The van der Waals surface area contributed by atoms with E-state index in [1.165, 1.54) is 0 Å². The molecule has 2 heterocycles. The van der Waals surface area contributed by atoms with Crippen molar-refractivity contribution in [1.82, 2.24) is 9.55 Å². The summed E-state index contributed by atoms with van der Waals surface area (Å²) in [5.74, 6) is 1.70. The van der Waals surface area contributed by atoms with E-state index in [9.17, 15) is 0 Å². The monoisotopic (exact) mass is 232 g/mol. The summed E-state index contributed by atoms with van der Waals surface area (Å²) in [6, 6.07) is 5.61. The molecule has 1 aromatic carbocycles. The average Bonchev–Trinajstić information content (AvgIpc) is 2.81. The molecule has 1 aromatic heterocycles. The first-order valence-corrected chi connectivity index (χ1v) is 5.63. The Morgan fingerprint density at radius 1 is 1.53 bits per heavy atom. The molecule has 0 saturated carbocycles. The lowest BCUT2D eigenvalue weighted by Crippen LogP contribution is -2.73. The zero-order chi connectivity index (χ0) is 11.8. The maximum atomic E-state index is 8.98. The van der Waals surface area contributed by atoms with E-state index in [0.717, 1.165) is 40.5 Å². The second-order valence-electron chi connectivity index (χ2n) is 4.02. The summed E-state index contributed by atoms with van der Waals surface area (Å²) in [7, 11) is 0. The summed E-state index contributed by atoms with van der Waals surface area (Å²) in [4.78, 5) is 4.49. The first-order chi connectivity index (χ1) is 8.31. The Morgan fingerprint density at radius 3 is 3.18 bits per heavy atom. The van der Waals surface area contributed by atoms with Crippen molar-refractivity contribution in [2.75, 3.05) is 0 Å². The van der Waals surface area contributed by atoms with Crippen LogP contribution in [0.25, 0.3) is 5.69 Å². The van der Waals surface area contributed by atoms with Gasteiger partial charge in [-0.25, -0.2) is 10.2 Å². The zero-order valence-electron chi connectivity index (χ0n) is 9.55. The topological polar surface area (TPSA) is 63.9 Å². The lowest BCUT2D eigenvalue weighted by atomic mass is 10.2. The summed E-state index contributed by atoms with van der Waals surface area (Å²) in [5, 5.41) is 8.98. The van der Waals surface area contributed by atoms with Crippen molar-refractivity contribution in [2.24, 2.45) is 0 Å². The number of aryl methyl sites for hydroxylation is 1. The van der Waals surface area contributed by atoms with Crippen LogP contribution in [0.4, 0.5) is 5.69 Å². The van der Waals surface area contributed by atoms with Crippen LogP contribution in [-0.2, 0) is 13.0 Å². The highest BCUT2D eigenvalue weighted by Gasteiger charge is 2.19. The lowest BCUT2D eigenvalue weighted by Gasteiger charge is -2.18. The molecule has 1 aliphatic heterocycles. The molecule has 5 heteroatoms. The fraction of sp³-hybridized carbons (Fsp3) is 0.250. The molecule has 2 aromatic rings. The van der Waals surface area contributed by atoms with Crippen LogP contribution < -0.4 is 10.2 Å². The molecule has 5 nitrogen and oxygen atoms in total. The molecule has 3 rings (SSSR count). The largest absolute Gasteiger partial charge is 0.483 e. The summed E-state index contributed by atoms with van der Waals surface area (Å²) in [6.45, 7) is 2.56.